The van der Waals surface area contributed by atoms with E-state index in [0.717, 1.165) is 37.6 Å². The second-order valence-corrected chi connectivity index (χ2v) is 9.48. The first-order chi connectivity index (χ1) is 18.4. The van der Waals surface area contributed by atoms with Crippen LogP contribution in [0.1, 0.15) is 0 Å². The Hall–Kier alpha value is -4.51. The number of benzene rings is 2. The number of likely N-dealkylation sites (N-methyl/N-ethyl adjacent to an activating group) is 1. The fourth-order valence-corrected chi connectivity index (χ4v) is 4.92. The Bertz CT molecular complexity index is 1710. The summed E-state index contributed by atoms with van der Waals surface area (Å²) in [6.07, 6.45) is 4.54. The van der Waals surface area contributed by atoms with Gasteiger partial charge in [-0.1, -0.05) is 6.08 Å². The van der Waals surface area contributed by atoms with Crippen LogP contribution in [0.4, 0.5) is 21.7 Å². The van der Waals surface area contributed by atoms with Gasteiger partial charge in [-0.25, -0.2) is 18.7 Å². The zero-order chi connectivity index (χ0) is 26.4. The van der Waals surface area contributed by atoms with Gasteiger partial charge in [0.05, 0.1) is 23.6 Å². The molecule has 5 aromatic rings. The Morgan fingerprint density at radius 3 is 2.53 bits per heavy atom. The van der Waals surface area contributed by atoms with Crippen LogP contribution in [0.5, 0.6) is 0 Å². The smallest absolute Gasteiger partial charge is 0.278 e. The van der Waals surface area contributed by atoms with Gasteiger partial charge >= 0.3 is 0 Å². The van der Waals surface area contributed by atoms with Crippen molar-refractivity contribution in [3.8, 4) is 5.69 Å². The molecule has 0 aliphatic carbocycles. The highest BCUT2D eigenvalue weighted by molar-refractivity contribution is 5.84. The molecule has 0 radical (unpaired) electrons. The van der Waals surface area contributed by atoms with Gasteiger partial charge in [-0.15, -0.1) is 6.58 Å². The zero-order valence-electron chi connectivity index (χ0n) is 21.3. The Morgan fingerprint density at radius 2 is 1.79 bits per heavy atom. The third-order valence-corrected chi connectivity index (χ3v) is 7.04. The molecule has 3 aromatic heterocycles. The molecule has 11 heteroatoms. The maximum absolute atomic E-state index is 15.7. The van der Waals surface area contributed by atoms with Gasteiger partial charge in [-0.05, 0) is 43.4 Å². The van der Waals surface area contributed by atoms with E-state index in [9.17, 15) is 4.79 Å². The number of nitrogens with one attached hydrogen (secondary N) is 1. The molecule has 194 valence electrons. The van der Waals surface area contributed by atoms with E-state index in [2.05, 4.69) is 55.9 Å². The summed E-state index contributed by atoms with van der Waals surface area (Å²) in [6, 6.07) is 11.5. The Labute approximate surface area is 218 Å². The van der Waals surface area contributed by atoms with Crippen LogP contribution in [0, 0.1) is 5.82 Å². The molecule has 10 nitrogen and oxygen atoms in total. The van der Waals surface area contributed by atoms with Crippen molar-refractivity contribution >= 4 is 39.3 Å². The lowest BCUT2D eigenvalue weighted by Gasteiger charge is -2.34. The molecule has 4 heterocycles. The molecule has 1 aliphatic heterocycles. The molecule has 0 bridgehead atoms. The number of hydrogen-bond acceptors (Lipinski definition) is 7. The molecule has 2 aromatic carbocycles. The summed E-state index contributed by atoms with van der Waals surface area (Å²) in [5, 5.41) is 8.02. The molecule has 0 unspecified atom stereocenters. The first kappa shape index (κ1) is 23.9. The van der Waals surface area contributed by atoms with E-state index in [1.807, 2.05) is 12.1 Å². The molecular formula is C27H28FN9O. The number of nitrogens with zero attached hydrogens (tertiary/aromatic N) is 8. The Balaban J connectivity index is 1.38. The monoisotopic (exact) mass is 513 g/mol. The minimum Gasteiger partial charge on any atom is -0.369 e. The number of rotatable bonds is 6. The predicted molar refractivity (Wildman–Crippen MR) is 147 cm³/mol. The molecular weight excluding hydrogens is 485 g/mol. The second kappa shape index (κ2) is 9.42. The summed E-state index contributed by atoms with van der Waals surface area (Å²) < 4.78 is 20.2. The fourth-order valence-electron chi connectivity index (χ4n) is 4.92. The van der Waals surface area contributed by atoms with Gasteiger partial charge in [0.2, 0.25) is 5.95 Å². The molecule has 1 N–H and O–H groups in total. The molecule has 38 heavy (non-hydrogen) atoms. The predicted octanol–water partition coefficient (Wildman–Crippen LogP) is 3.29. The minimum absolute atomic E-state index is 0.177. The van der Waals surface area contributed by atoms with Crippen molar-refractivity contribution < 1.29 is 4.39 Å². The van der Waals surface area contributed by atoms with Crippen molar-refractivity contribution in [1.82, 2.24) is 34.0 Å². The van der Waals surface area contributed by atoms with E-state index in [4.69, 9.17) is 0 Å². The van der Waals surface area contributed by atoms with Gasteiger partial charge in [0.25, 0.3) is 5.56 Å². The van der Waals surface area contributed by atoms with Crippen LogP contribution < -0.4 is 15.8 Å². The second-order valence-electron chi connectivity index (χ2n) is 9.48. The molecule has 0 atom stereocenters. The maximum atomic E-state index is 15.7. The van der Waals surface area contributed by atoms with Crippen LogP contribution >= 0.6 is 0 Å². The number of halogens is 1. The topological polar surface area (TPSA) is 89.0 Å². The van der Waals surface area contributed by atoms with Gasteiger partial charge < -0.3 is 15.1 Å². The van der Waals surface area contributed by atoms with E-state index in [-0.39, 0.29) is 23.2 Å². The normalized spacial score (nSPS) is 14.4. The SMILES string of the molecule is C=CCn1c(=O)c2cnc(Nc3ccc(N4CCN(C)CC4)cc3)nc2n1-c1ccc2c(cnn2C)c1F. The van der Waals surface area contributed by atoms with E-state index >= 15 is 4.39 Å². The first-order valence-electron chi connectivity index (χ1n) is 12.4. The number of anilines is 3. The lowest BCUT2D eigenvalue weighted by Crippen LogP contribution is -2.44. The van der Waals surface area contributed by atoms with Gasteiger partial charge in [0, 0.05) is 50.8 Å². The van der Waals surface area contributed by atoms with Crippen LogP contribution in [-0.4, -0.2) is 67.2 Å². The summed E-state index contributed by atoms with van der Waals surface area (Å²) in [5.41, 5.74) is 2.79. The zero-order valence-corrected chi connectivity index (χ0v) is 21.3. The van der Waals surface area contributed by atoms with Gasteiger partial charge in [0.15, 0.2) is 11.5 Å². The first-order valence-corrected chi connectivity index (χ1v) is 12.4. The van der Waals surface area contributed by atoms with Crippen LogP contribution in [0.2, 0.25) is 0 Å². The van der Waals surface area contributed by atoms with Crippen molar-refractivity contribution in [2.24, 2.45) is 7.05 Å². The van der Waals surface area contributed by atoms with Crippen LogP contribution in [-0.2, 0) is 13.6 Å². The van der Waals surface area contributed by atoms with Crippen molar-refractivity contribution in [3.63, 3.8) is 0 Å². The van der Waals surface area contributed by atoms with Crippen molar-refractivity contribution in [2.45, 2.75) is 6.54 Å². The maximum Gasteiger partial charge on any atom is 0.278 e. The number of aromatic nitrogens is 6. The standard InChI is InChI=1S/C27H28FN9O/c1-4-11-36-26(38)21-16-29-27(31-18-5-7-19(8-6-18)35-14-12-33(2)13-15-35)32-25(21)37(36)23-10-9-22-20(24(23)28)17-30-34(22)3/h4-10,16-17H,1,11-15H2,2-3H3,(H,29,31,32). The highest BCUT2D eigenvalue weighted by Crippen LogP contribution is 2.27. The summed E-state index contributed by atoms with van der Waals surface area (Å²) in [7, 11) is 3.89. The van der Waals surface area contributed by atoms with E-state index in [0.29, 0.717) is 22.5 Å². The molecule has 1 fully saturated rings. The molecule has 0 saturated carbocycles. The average Bonchev–Trinajstić information content (AvgIpc) is 3.43. The number of fused-ring (bicyclic) bond motifs is 2. The fraction of sp³-hybridized carbons (Fsp3) is 0.259. The molecule has 1 saturated heterocycles. The van der Waals surface area contributed by atoms with Gasteiger partial charge in [0.1, 0.15) is 11.1 Å². The summed E-state index contributed by atoms with van der Waals surface area (Å²) in [6.45, 7) is 7.99. The van der Waals surface area contributed by atoms with Crippen molar-refractivity contribution in [3.05, 3.63) is 77.6 Å². The third kappa shape index (κ3) is 4.01. The largest absolute Gasteiger partial charge is 0.369 e. The highest BCUT2D eigenvalue weighted by atomic mass is 19.1. The molecule has 1 aliphatic rings. The van der Waals surface area contributed by atoms with Crippen molar-refractivity contribution in [1.29, 1.82) is 0 Å². The highest BCUT2D eigenvalue weighted by Gasteiger charge is 2.21. The third-order valence-electron chi connectivity index (χ3n) is 7.04. The number of allylic oxidation sites excluding steroid dienone is 1. The Kier molecular flexibility index (Phi) is 5.91. The number of hydrogen-bond donors (Lipinski definition) is 1. The summed E-state index contributed by atoms with van der Waals surface area (Å²) in [5.74, 6) is -0.185. The summed E-state index contributed by atoms with van der Waals surface area (Å²) >= 11 is 0. The van der Waals surface area contributed by atoms with Gasteiger partial charge in [-0.3, -0.25) is 9.48 Å². The minimum atomic E-state index is -0.488. The van der Waals surface area contributed by atoms with Crippen LogP contribution in [0.15, 0.2) is 66.2 Å². The molecule has 0 spiro atoms. The molecule has 0 amide bonds. The van der Waals surface area contributed by atoms with Gasteiger partial charge in [-0.2, -0.15) is 10.1 Å². The van der Waals surface area contributed by atoms with Crippen molar-refractivity contribution in [2.75, 3.05) is 43.4 Å². The summed E-state index contributed by atoms with van der Waals surface area (Å²) in [4.78, 5) is 26.9. The number of piperazine rings is 1. The lowest BCUT2D eigenvalue weighted by molar-refractivity contribution is 0.313. The quantitative estimate of drug-likeness (QED) is 0.349. The van der Waals surface area contributed by atoms with E-state index in [1.54, 1.807) is 29.9 Å². The average molecular weight is 514 g/mol. The Morgan fingerprint density at radius 1 is 1.03 bits per heavy atom. The molecule has 6 rings (SSSR count). The van der Waals surface area contributed by atoms with E-state index in [1.165, 1.54) is 21.8 Å². The number of aryl methyl sites for hydroxylation is 1. The van der Waals surface area contributed by atoms with Crippen LogP contribution in [0.3, 0.4) is 0 Å². The lowest BCUT2D eigenvalue weighted by atomic mass is 10.2. The van der Waals surface area contributed by atoms with Crippen LogP contribution in [0.25, 0.3) is 27.6 Å². The van der Waals surface area contributed by atoms with E-state index < -0.39 is 5.82 Å².